The summed E-state index contributed by atoms with van der Waals surface area (Å²) in [5, 5.41) is 5.17. The number of para-hydroxylation sites is 1. The Kier molecular flexibility index (Phi) is 2.53. The van der Waals surface area contributed by atoms with Gasteiger partial charge in [0.05, 0.1) is 22.1 Å². The third-order valence-electron chi connectivity index (χ3n) is 2.55. The van der Waals surface area contributed by atoms with Gasteiger partial charge < -0.3 is 0 Å². The van der Waals surface area contributed by atoms with Gasteiger partial charge in [-0.2, -0.15) is 5.10 Å². The number of nitrogens with zero attached hydrogens (tertiary/aromatic N) is 2. The molecule has 0 amide bonds. The summed E-state index contributed by atoms with van der Waals surface area (Å²) in [6.07, 6.45) is 0. The molecule has 0 fully saturated rings. The Balaban J connectivity index is 2.65. The van der Waals surface area contributed by atoms with Crippen molar-refractivity contribution in [3.8, 4) is 5.69 Å². The van der Waals surface area contributed by atoms with Gasteiger partial charge in [-0.25, -0.2) is 4.68 Å². The zero-order valence-electron chi connectivity index (χ0n) is 9.08. The van der Waals surface area contributed by atoms with Crippen molar-refractivity contribution >= 4 is 11.6 Å². The SMILES string of the molecule is Cc1ccccc1-n1nc(C)c(Cl)c1C. The van der Waals surface area contributed by atoms with E-state index in [9.17, 15) is 0 Å². The third-order valence-corrected chi connectivity index (χ3v) is 3.09. The second-order valence-electron chi connectivity index (χ2n) is 3.68. The molecular formula is C12H13ClN2. The van der Waals surface area contributed by atoms with Crippen LogP contribution in [0.25, 0.3) is 5.69 Å². The Bertz CT molecular complexity index is 500. The van der Waals surface area contributed by atoms with Gasteiger partial charge in [-0.1, -0.05) is 29.8 Å². The van der Waals surface area contributed by atoms with Crippen molar-refractivity contribution < 1.29 is 0 Å². The lowest BCUT2D eigenvalue weighted by Crippen LogP contribution is -2.00. The van der Waals surface area contributed by atoms with Crippen LogP contribution in [0.3, 0.4) is 0 Å². The monoisotopic (exact) mass is 220 g/mol. The molecule has 0 aliphatic heterocycles. The molecule has 0 aliphatic rings. The standard InChI is InChI=1S/C12H13ClN2/c1-8-6-4-5-7-11(8)15-10(3)12(13)9(2)14-15/h4-7H,1-3H3. The number of hydrogen-bond donors (Lipinski definition) is 0. The maximum Gasteiger partial charge on any atom is 0.0848 e. The summed E-state index contributed by atoms with van der Waals surface area (Å²) in [5.41, 5.74) is 4.14. The van der Waals surface area contributed by atoms with Crippen LogP contribution < -0.4 is 0 Å². The van der Waals surface area contributed by atoms with Crippen LogP contribution in [0.1, 0.15) is 17.0 Å². The molecule has 1 aromatic heterocycles. The minimum Gasteiger partial charge on any atom is -0.236 e. The minimum atomic E-state index is 0.748. The smallest absolute Gasteiger partial charge is 0.0848 e. The van der Waals surface area contributed by atoms with E-state index < -0.39 is 0 Å². The molecule has 0 radical (unpaired) electrons. The number of hydrogen-bond acceptors (Lipinski definition) is 1. The van der Waals surface area contributed by atoms with Crippen LogP contribution >= 0.6 is 11.6 Å². The molecule has 2 rings (SSSR count). The molecule has 0 aliphatic carbocycles. The van der Waals surface area contributed by atoms with E-state index >= 15 is 0 Å². The normalized spacial score (nSPS) is 10.7. The van der Waals surface area contributed by atoms with E-state index in [-0.39, 0.29) is 0 Å². The topological polar surface area (TPSA) is 17.8 Å². The zero-order valence-corrected chi connectivity index (χ0v) is 9.84. The molecule has 3 heteroatoms. The lowest BCUT2D eigenvalue weighted by molar-refractivity contribution is 0.827. The number of rotatable bonds is 1. The first-order valence-electron chi connectivity index (χ1n) is 4.89. The van der Waals surface area contributed by atoms with E-state index in [2.05, 4.69) is 18.1 Å². The van der Waals surface area contributed by atoms with E-state index in [0.717, 1.165) is 22.1 Å². The van der Waals surface area contributed by atoms with Crippen molar-refractivity contribution in [1.29, 1.82) is 0 Å². The van der Waals surface area contributed by atoms with Crippen LogP contribution in [0.2, 0.25) is 5.02 Å². The molecular weight excluding hydrogens is 208 g/mol. The number of benzene rings is 1. The average molecular weight is 221 g/mol. The first-order chi connectivity index (χ1) is 7.11. The fourth-order valence-corrected chi connectivity index (χ4v) is 1.78. The van der Waals surface area contributed by atoms with Gasteiger partial charge in [0.25, 0.3) is 0 Å². The number of halogens is 1. The first-order valence-corrected chi connectivity index (χ1v) is 5.27. The molecule has 1 heterocycles. The molecule has 1 aromatic carbocycles. The van der Waals surface area contributed by atoms with Crippen molar-refractivity contribution in [2.45, 2.75) is 20.8 Å². The Morgan fingerprint density at radius 1 is 1.13 bits per heavy atom. The van der Waals surface area contributed by atoms with Gasteiger partial charge in [-0.15, -0.1) is 0 Å². The van der Waals surface area contributed by atoms with E-state index in [1.165, 1.54) is 5.56 Å². The van der Waals surface area contributed by atoms with Gasteiger partial charge in [0.15, 0.2) is 0 Å². The van der Waals surface area contributed by atoms with Gasteiger partial charge in [-0.05, 0) is 32.4 Å². The van der Waals surface area contributed by atoms with Gasteiger partial charge in [0.2, 0.25) is 0 Å². The maximum absolute atomic E-state index is 6.12. The van der Waals surface area contributed by atoms with Crippen LogP contribution in [0, 0.1) is 20.8 Å². The summed E-state index contributed by atoms with van der Waals surface area (Å²) < 4.78 is 1.90. The summed E-state index contributed by atoms with van der Waals surface area (Å²) >= 11 is 6.12. The van der Waals surface area contributed by atoms with Crippen molar-refractivity contribution in [2.75, 3.05) is 0 Å². The predicted molar refractivity (Wildman–Crippen MR) is 62.8 cm³/mol. The molecule has 0 saturated carbocycles. The first kappa shape index (κ1) is 10.2. The number of aryl methyl sites for hydroxylation is 2. The average Bonchev–Trinajstić information content (AvgIpc) is 2.47. The summed E-state index contributed by atoms with van der Waals surface area (Å²) in [7, 11) is 0. The van der Waals surface area contributed by atoms with Crippen LogP contribution in [0.5, 0.6) is 0 Å². The lowest BCUT2D eigenvalue weighted by Gasteiger charge is -2.07. The van der Waals surface area contributed by atoms with Gasteiger partial charge in [0, 0.05) is 0 Å². The van der Waals surface area contributed by atoms with E-state index in [0.29, 0.717) is 0 Å². The molecule has 0 bridgehead atoms. The highest BCUT2D eigenvalue weighted by molar-refractivity contribution is 6.31. The molecule has 0 spiro atoms. The fourth-order valence-electron chi connectivity index (χ4n) is 1.66. The highest BCUT2D eigenvalue weighted by atomic mass is 35.5. The molecule has 2 aromatic rings. The number of aromatic nitrogens is 2. The van der Waals surface area contributed by atoms with Crippen LogP contribution in [-0.4, -0.2) is 9.78 Å². The molecule has 2 nitrogen and oxygen atoms in total. The summed E-state index contributed by atoms with van der Waals surface area (Å²) in [6, 6.07) is 8.14. The molecule has 0 N–H and O–H groups in total. The Hall–Kier alpha value is -1.28. The molecule has 0 atom stereocenters. The Labute approximate surface area is 94.5 Å². The van der Waals surface area contributed by atoms with Crippen molar-refractivity contribution in [2.24, 2.45) is 0 Å². The van der Waals surface area contributed by atoms with E-state index in [1.54, 1.807) is 0 Å². The van der Waals surface area contributed by atoms with E-state index in [4.69, 9.17) is 11.6 Å². The lowest BCUT2D eigenvalue weighted by atomic mass is 10.2. The third kappa shape index (κ3) is 1.65. The molecule has 78 valence electrons. The van der Waals surface area contributed by atoms with Crippen molar-refractivity contribution in [3.05, 3.63) is 46.2 Å². The minimum absolute atomic E-state index is 0.748. The summed E-state index contributed by atoms with van der Waals surface area (Å²) in [6.45, 7) is 5.97. The Morgan fingerprint density at radius 3 is 2.33 bits per heavy atom. The quantitative estimate of drug-likeness (QED) is 0.720. The van der Waals surface area contributed by atoms with Gasteiger partial charge in [0.1, 0.15) is 0 Å². The summed E-state index contributed by atoms with van der Waals surface area (Å²) in [5.74, 6) is 0. The van der Waals surface area contributed by atoms with Gasteiger partial charge in [-0.3, -0.25) is 0 Å². The second-order valence-corrected chi connectivity index (χ2v) is 4.06. The fraction of sp³-hybridized carbons (Fsp3) is 0.250. The van der Waals surface area contributed by atoms with Crippen LogP contribution in [0.4, 0.5) is 0 Å². The van der Waals surface area contributed by atoms with Crippen molar-refractivity contribution in [3.63, 3.8) is 0 Å². The zero-order chi connectivity index (χ0) is 11.0. The molecule has 0 unspecified atom stereocenters. The molecule has 0 saturated heterocycles. The van der Waals surface area contributed by atoms with Crippen LogP contribution in [0.15, 0.2) is 24.3 Å². The Morgan fingerprint density at radius 2 is 1.80 bits per heavy atom. The van der Waals surface area contributed by atoms with Crippen LogP contribution in [-0.2, 0) is 0 Å². The van der Waals surface area contributed by atoms with E-state index in [1.807, 2.05) is 36.7 Å². The van der Waals surface area contributed by atoms with Gasteiger partial charge >= 0.3 is 0 Å². The highest BCUT2D eigenvalue weighted by Gasteiger charge is 2.11. The summed E-state index contributed by atoms with van der Waals surface area (Å²) in [4.78, 5) is 0. The highest BCUT2D eigenvalue weighted by Crippen LogP contribution is 2.23. The molecule has 15 heavy (non-hydrogen) atoms. The second kappa shape index (κ2) is 3.70. The predicted octanol–water partition coefficient (Wildman–Crippen LogP) is 3.45. The maximum atomic E-state index is 6.12. The van der Waals surface area contributed by atoms with Crippen molar-refractivity contribution in [1.82, 2.24) is 9.78 Å². The largest absolute Gasteiger partial charge is 0.236 e.